The van der Waals surface area contributed by atoms with Gasteiger partial charge in [-0.1, -0.05) is 6.07 Å². The Morgan fingerprint density at radius 1 is 1.21 bits per heavy atom. The molecule has 1 amide bonds. The van der Waals surface area contributed by atoms with Gasteiger partial charge in [-0.05, 0) is 39.7 Å². The lowest BCUT2D eigenvalue weighted by molar-refractivity contribution is 0.0615. The Morgan fingerprint density at radius 2 is 1.95 bits per heavy atom. The molecule has 210 valence electrons. The molecule has 2 bridgehead atoms. The second-order valence-corrected chi connectivity index (χ2v) is 12.4. The topological polar surface area (TPSA) is 116 Å². The molecule has 2 aliphatic rings. The molecule has 39 heavy (non-hydrogen) atoms. The van der Waals surface area contributed by atoms with Crippen LogP contribution in [0.2, 0.25) is 0 Å². The molecule has 0 radical (unpaired) electrons. The van der Waals surface area contributed by atoms with E-state index in [-0.39, 0.29) is 70.8 Å². The highest BCUT2D eigenvalue weighted by molar-refractivity contribution is 7.92. The lowest BCUT2D eigenvalue weighted by atomic mass is 10.1. The summed E-state index contributed by atoms with van der Waals surface area (Å²) in [5, 5.41) is 4.59. The maximum Gasteiger partial charge on any atom is 0.280 e. The van der Waals surface area contributed by atoms with Gasteiger partial charge < -0.3 is 18.9 Å². The second kappa shape index (κ2) is 9.85. The number of amides is 1. The van der Waals surface area contributed by atoms with Gasteiger partial charge in [0.1, 0.15) is 22.5 Å². The van der Waals surface area contributed by atoms with Crippen molar-refractivity contribution in [2.24, 2.45) is 0 Å². The average molecular weight is 562 g/mol. The van der Waals surface area contributed by atoms with E-state index in [1.165, 1.54) is 32.4 Å². The SMILES string of the molecule is COc1c2n(c3c4nn(c(=O)c13)Cc1ccc(F)cc1OCCCCS(=O)(=O)N4C)[C@@H](C)CN(C(C)C)C2=O. The fourth-order valence-electron chi connectivity index (χ4n) is 5.30. The van der Waals surface area contributed by atoms with Crippen molar-refractivity contribution in [2.45, 2.75) is 52.2 Å². The third kappa shape index (κ3) is 4.42. The first-order valence-electron chi connectivity index (χ1n) is 12.9. The van der Waals surface area contributed by atoms with Crippen LogP contribution in [0.15, 0.2) is 23.0 Å². The van der Waals surface area contributed by atoms with Crippen molar-refractivity contribution < 1.29 is 27.1 Å². The van der Waals surface area contributed by atoms with Gasteiger partial charge in [0.05, 0.1) is 26.0 Å². The summed E-state index contributed by atoms with van der Waals surface area (Å²) < 4.78 is 56.3. The van der Waals surface area contributed by atoms with E-state index in [4.69, 9.17) is 9.47 Å². The Labute approximate surface area is 225 Å². The highest BCUT2D eigenvalue weighted by atomic mass is 32.2. The first-order chi connectivity index (χ1) is 18.5. The van der Waals surface area contributed by atoms with Crippen LogP contribution in [0.3, 0.4) is 0 Å². The predicted molar refractivity (Wildman–Crippen MR) is 144 cm³/mol. The van der Waals surface area contributed by atoms with Crippen LogP contribution in [0.25, 0.3) is 10.9 Å². The molecule has 13 heteroatoms. The predicted octanol–water partition coefficient (Wildman–Crippen LogP) is 2.76. The fourth-order valence-corrected chi connectivity index (χ4v) is 6.53. The number of carbonyl (C=O) groups excluding carboxylic acids is 1. The Hall–Kier alpha value is -3.61. The molecule has 2 aliphatic heterocycles. The summed E-state index contributed by atoms with van der Waals surface area (Å²) in [6.07, 6.45) is 0.724. The summed E-state index contributed by atoms with van der Waals surface area (Å²) in [4.78, 5) is 29.4. The van der Waals surface area contributed by atoms with Gasteiger partial charge in [0, 0.05) is 37.3 Å². The van der Waals surface area contributed by atoms with Gasteiger partial charge in [0.25, 0.3) is 11.5 Å². The Kier molecular flexibility index (Phi) is 6.81. The molecule has 3 aromatic rings. The maximum absolute atomic E-state index is 14.1. The number of fused-ring (bicyclic) bond motifs is 7. The number of rotatable bonds is 2. The summed E-state index contributed by atoms with van der Waals surface area (Å²) in [5.74, 6) is -0.676. The quantitative estimate of drug-likeness (QED) is 0.473. The summed E-state index contributed by atoms with van der Waals surface area (Å²) >= 11 is 0. The van der Waals surface area contributed by atoms with Crippen LogP contribution in [0.4, 0.5) is 10.2 Å². The van der Waals surface area contributed by atoms with Gasteiger partial charge in [0.15, 0.2) is 17.3 Å². The van der Waals surface area contributed by atoms with E-state index < -0.39 is 21.4 Å². The zero-order valence-electron chi connectivity index (χ0n) is 22.6. The van der Waals surface area contributed by atoms with Crippen LogP contribution in [0, 0.1) is 5.82 Å². The monoisotopic (exact) mass is 561 g/mol. The summed E-state index contributed by atoms with van der Waals surface area (Å²) in [6.45, 7) is 6.15. The standard InChI is InChI=1S/C26H32FN5O6S/c1-15(2)30-13-16(3)32-21-20(23(37-5)22(32)26(30)34)25(33)31-14-17-8-9-18(27)12-19(17)38-10-6-7-11-39(35,36)29(4)24(21)28-31/h8-9,12,15-16H,6-7,10-11,13-14H2,1-5H3/t16-/m0/s1. The Morgan fingerprint density at radius 3 is 2.64 bits per heavy atom. The minimum Gasteiger partial charge on any atom is -0.493 e. The van der Waals surface area contributed by atoms with Crippen LogP contribution in [0.1, 0.15) is 55.7 Å². The van der Waals surface area contributed by atoms with E-state index in [9.17, 15) is 22.4 Å². The third-order valence-corrected chi connectivity index (χ3v) is 9.16. The van der Waals surface area contributed by atoms with E-state index in [1.807, 2.05) is 20.8 Å². The smallest absolute Gasteiger partial charge is 0.280 e. The van der Waals surface area contributed by atoms with Crippen LogP contribution in [-0.2, 0) is 16.6 Å². The molecular weight excluding hydrogens is 529 g/mol. The van der Waals surface area contributed by atoms with Crippen molar-refractivity contribution in [3.05, 3.63) is 45.6 Å². The number of aromatic nitrogens is 3. The van der Waals surface area contributed by atoms with E-state index in [0.29, 0.717) is 24.9 Å². The maximum atomic E-state index is 14.1. The van der Waals surface area contributed by atoms with Crippen LogP contribution >= 0.6 is 0 Å². The molecule has 0 N–H and O–H groups in total. The van der Waals surface area contributed by atoms with Gasteiger partial charge in [0.2, 0.25) is 10.0 Å². The zero-order valence-corrected chi connectivity index (χ0v) is 23.4. The molecule has 5 rings (SSSR count). The number of hydrogen-bond acceptors (Lipinski definition) is 7. The average Bonchev–Trinajstić information content (AvgIpc) is 3.24. The van der Waals surface area contributed by atoms with Crippen LogP contribution < -0.4 is 19.3 Å². The summed E-state index contributed by atoms with van der Waals surface area (Å²) in [6, 6.07) is 3.62. The number of ether oxygens (including phenoxy) is 2. The number of anilines is 1. The van der Waals surface area contributed by atoms with E-state index >= 15 is 0 Å². The van der Waals surface area contributed by atoms with Gasteiger partial charge in [-0.15, -0.1) is 5.10 Å². The number of nitrogens with zero attached hydrogens (tertiary/aromatic N) is 5. The molecule has 2 aromatic heterocycles. The van der Waals surface area contributed by atoms with Gasteiger partial charge in [-0.2, -0.15) is 0 Å². The molecule has 0 aliphatic carbocycles. The first kappa shape index (κ1) is 27.0. The largest absolute Gasteiger partial charge is 0.493 e. The van der Waals surface area contributed by atoms with E-state index in [1.54, 1.807) is 9.47 Å². The molecule has 0 saturated heterocycles. The highest BCUT2D eigenvalue weighted by Crippen LogP contribution is 2.41. The molecule has 0 unspecified atom stereocenters. The zero-order chi connectivity index (χ0) is 28.2. The normalized spacial score (nSPS) is 19.6. The van der Waals surface area contributed by atoms with Crippen molar-refractivity contribution in [3.63, 3.8) is 0 Å². The van der Waals surface area contributed by atoms with Gasteiger partial charge in [-0.3, -0.25) is 13.9 Å². The van der Waals surface area contributed by atoms with Crippen molar-refractivity contribution >= 4 is 32.7 Å². The number of hydrogen-bond donors (Lipinski definition) is 0. The molecule has 11 nitrogen and oxygen atoms in total. The highest BCUT2D eigenvalue weighted by Gasteiger charge is 2.40. The molecule has 0 saturated carbocycles. The third-order valence-electron chi connectivity index (χ3n) is 7.35. The Bertz CT molecular complexity index is 1630. The number of carbonyl (C=O) groups is 1. The number of methoxy groups -OCH3 is 1. The molecule has 1 aromatic carbocycles. The molecule has 1 atom stereocenters. The van der Waals surface area contributed by atoms with Gasteiger partial charge in [-0.25, -0.2) is 17.5 Å². The lowest BCUT2D eigenvalue weighted by Crippen LogP contribution is -2.45. The van der Waals surface area contributed by atoms with E-state index in [2.05, 4.69) is 5.10 Å². The molecular formula is C26H32FN5O6S. The summed E-state index contributed by atoms with van der Waals surface area (Å²) in [7, 11) is -1.09. The van der Waals surface area contributed by atoms with Gasteiger partial charge >= 0.3 is 0 Å². The second-order valence-electron chi connectivity index (χ2n) is 10.3. The number of benzene rings is 1. The Balaban J connectivity index is 1.87. The van der Waals surface area contributed by atoms with Crippen molar-refractivity contribution in [3.8, 4) is 11.5 Å². The van der Waals surface area contributed by atoms with Crippen LogP contribution in [0.5, 0.6) is 11.5 Å². The molecule has 0 fully saturated rings. The minimum atomic E-state index is -3.87. The fraction of sp³-hybridized carbons (Fsp3) is 0.500. The molecule has 4 heterocycles. The van der Waals surface area contributed by atoms with E-state index in [0.717, 1.165) is 8.99 Å². The molecule has 0 spiro atoms. The number of sulfonamides is 1. The van der Waals surface area contributed by atoms with Crippen molar-refractivity contribution in [1.29, 1.82) is 0 Å². The van der Waals surface area contributed by atoms with Crippen LogP contribution in [-0.4, -0.2) is 72.7 Å². The number of halogens is 1. The first-order valence-corrected chi connectivity index (χ1v) is 14.5. The van der Waals surface area contributed by atoms with Crippen molar-refractivity contribution in [1.82, 2.24) is 19.2 Å². The van der Waals surface area contributed by atoms with Crippen molar-refractivity contribution in [2.75, 3.05) is 37.4 Å². The summed E-state index contributed by atoms with van der Waals surface area (Å²) in [5.41, 5.74) is 0.332. The lowest BCUT2D eigenvalue weighted by Gasteiger charge is -2.36. The minimum absolute atomic E-state index is 0.00984.